The van der Waals surface area contributed by atoms with Crippen LogP contribution in [0.4, 0.5) is 4.39 Å². The molecule has 0 aliphatic carbocycles. The molecule has 0 unspecified atom stereocenters. The molecular weight excluding hydrogens is 231 g/mol. The Balaban J connectivity index is 2.42. The van der Waals surface area contributed by atoms with Crippen molar-refractivity contribution in [2.75, 3.05) is 7.05 Å². The second-order valence-electron chi connectivity index (χ2n) is 3.29. The number of nitrogens with zero attached hydrogens (tertiary/aromatic N) is 1. The average molecular weight is 241 g/mol. The van der Waals surface area contributed by atoms with Crippen molar-refractivity contribution >= 4 is 11.6 Å². The third-order valence-corrected chi connectivity index (χ3v) is 2.47. The van der Waals surface area contributed by atoms with Gasteiger partial charge in [-0.05, 0) is 25.2 Å². The van der Waals surface area contributed by atoms with E-state index in [-0.39, 0.29) is 5.02 Å². The summed E-state index contributed by atoms with van der Waals surface area (Å²) in [5.41, 5.74) is 1.37. The highest BCUT2D eigenvalue weighted by Gasteiger charge is 2.11. The highest BCUT2D eigenvalue weighted by molar-refractivity contribution is 6.30. The molecule has 0 spiro atoms. The first kappa shape index (κ1) is 11.1. The molecule has 0 saturated carbocycles. The maximum Gasteiger partial charge on any atom is 0.181 e. The lowest BCUT2D eigenvalue weighted by Crippen LogP contribution is -2.06. The van der Waals surface area contributed by atoms with Gasteiger partial charge in [0.25, 0.3) is 0 Å². The van der Waals surface area contributed by atoms with Crippen molar-refractivity contribution in [3.05, 3.63) is 41.1 Å². The Morgan fingerprint density at radius 1 is 1.50 bits per heavy atom. The van der Waals surface area contributed by atoms with Crippen LogP contribution >= 0.6 is 11.6 Å². The molecule has 0 aliphatic heterocycles. The first-order valence-corrected chi connectivity index (χ1v) is 5.12. The number of oxazole rings is 1. The first-order valence-electron chi connectivity index (χ1n) is 4.74. The van der Waals surface area contributed by atoms with Crippen LogP contribution in [0.1, 0.15) is 5.69 Å². The van der Waals surface area contributed by atoms with E-state index in [2.05, 4.69) is 10.3 Å². The van der Waals surface area contributed by atoms with Gasteiger partial charge in [-0.15, -0.1) is 0 Å². The minimum atomic E-state index is -0.467. The fraction of sp³-hybridized carbons (Fsp3) is 0.182. The van der Waals surface area contributed by atoms with Crippen molar-refractivity contribution < 1.29 is 8.81 Å². The van der Waals surface area contributed by atoms with Crippen LogP contribution in [0.25, 0.3) is 11.3 Å². The van der Waals surface area contributed by atoms with Gasteiger partial charge in [-0.1, -0.05) is 11.6 Å². The number of rotatable bonds is 3. The number of hydrogen-bond acceptors (Lipinski definition) is 3. The Hall–Kier alpha value is -1.39. The van der Waals surface area contributed by atoms with E-state index in [4.69, 9.17) is 16.0 Å². The summed E-state index contributed by atoms with van der Waals surface area (Å²) in [6.45, 7) is 0.566. The lowest BCUT2D eigenvalue weighted by molar-refractivity contribution is 0.568. The third kappa shape index (κ3) is 2.08. The third-order valence-electron chi connectivity index (χ3n) is 2.17. The average Bonchev–Trinajstić information content (AvgIpc) is 2.71. The Labute approximate surface area is 97.3 Å². The maximum atomic E-state index is 13.3. The predicted octanol–water partition coefficient (Wildman–Crippen LogP) is 2.85. The van der Waals surface area contributed by atoms with Crippen LogP contribution in [0.3, 0.4) is 0 Å². The monoisotopic (exact) mass is 240 g/mol. The molecule has 84 valence electrons. The summed E-state index contributed by atoms with van der Waals surface area (Å²) in [5, 5.41) is 3.06. The molecule has 0 bridgehead atoms. The second kappa shape index (κ2) is 4.63. The zero-order valence-corrected chi connectivity index (χ0v) is 9.38. The Bertz CT molecular complexity index is 498. The normalized spacial score (nSPS) is 10.7. The molecule has 0 amide bonds. The van der Waals surface area contributed by atoms with Gasteiger partial charge >= 0.3 is 0 Å². The lowest BCUT2D eigenvalue weighted by Gasteiger charge is -2.01. The van der Waals surface area contributed by atoms with Crippen LogP contribution in [0, 0.1) is 5.82 Å². The molecule has 1 heterocycles. The van der Waals surface area contributed by atoms with E-state index in [1.165, 1.54) is 18.5 Å². The van der Waals surface area contributed by atoms with E-state index >= 15 is 0 Å². The van der Waals surface area contributed by atoms with Crippen LogP contribution in [0.15, 0.2) is 29.0 Å². The molecule has 2 rings (SSSR count). The Morgan fingerprint density at radius 2 is 2.31 bits per heavy atom. The van der Waals surface area contributed by atoms with Crippen LogP contribution in [-0.2, 0) is 6.54 Å². The van der Waals surface area contributed by atoms with Gasteiger partial charge in [0.1, 0.15) is 11.5 Å². The smallest absolute Gasteiger partial charge is 0.181 e. The van der Waals surface area contributed by atoms with Crippen LogP contribution in [0.5, 0.6) is 0 Å². The van der Waals surface area contributed by atoms with Gasteiger partial charge in [-0.2, -0.15) is 0 Å². The van der Waals surface area contributed by atoms with Crippen molar-refractivity contribution in [2.45, 2.75) is 6.54 Å². The topological polar surface area (TPSA) is 38.1 Å². The zero-order chi connectivity index (χ0) is 11.5. The minimum absolute atomic E-state index is 0.0958. The number of halogens is 2. The first-order chi connectivity index (χ1) is 7.72. The molecule has 1 aromatic carbocycles. The van der Waals surface area contributed by atoms with Gasteiger partial charge in [-0.3, -0.25) is 0 Å². The molecule has 2 aromatic rings. The van der Waals surface area contributed by atoms with Gasteiger partial charge < -0.3 is 9.73 Å². The number of hydrogen-bond donors (Lipinski definition) is 1. The SMILES string of the molecule is CNCc1ncoc1-c1ccc(Cl)c(F)c1. The van der Waals surface area contributed by atoms with Crippen molar-refractivity contribution in [1.29, 1.82) is 0 Å². The molecule has 3 nitrogen and oxygen atoms in total. The molecule has 0 aliphatic rings. The number of nitrogens with one attached hydrogen (secondary N) is 1. The van der Waals surface area contributed by atoms with Crippen LogP contribution < -0.4 is 5.32 Å². The van der Waals surface area contributed by atoms with Gasteiger partial charge in [0.15, 0.2) is 12.2 Å². The van der Waals surface area contributed by atoms with Crippen molar-refractivity contribution in [1.82, 2.24) is 10.3 Å². The molecule has 1 aromatic heterocycles. The van der Waals surface area contributed by atoms with Crippen LogP contribution in [-0.4, -0.2) is 12.0 Å². The molecule has 0 fully saturated rings. The van der Waals surface area contributed by atoms with Crippen molar-refractivity contribution in [2.24, 2.45) is 0 Å². The molecule has 5 heteroatoms. The zero-order valence-electron chi connectivity index (χ0n) is 8.63. The van der Waals surface area contributed by atoms with Gasteiger partial charge in [0.2, 0.25) is 0 Å². The number of benzene rings is 1. The van der Waals surface area contributed by atoms with Gasteiger partial charge in [0, 0.05) is 12.1 Å². The summed E-state index contributed by atoms with van der Waals surface area (Å²) < 4.78 is 18.5. The van der Waals surface area contributed by atoms with E-state index in [0.717, 1.165) is 5.69 Å². The molecule has 0 atom stereocenters. The fourth-order valence-electron chi connectivity index (χ4n) is 1.43. The lowest BCUT2D eigenvalue weighted by atomic mass is 10.1. The largest absolute Gasteiger partial charge is 0.443 e. The van der Waals surface area contributed by atoms with E-state index in [1.807, 2.05) is 0 Å². The molecule has 1 N–H and O–H groups in total. The van der Waals surface area contributed by atoms with Crippen molar-refractivity contribution in [3.63, 3.8) is 0 Å². The summed E-state index contributed by atoms with van der Waals surface area (Å²) in [5.74, 6) is 0.0934. The van der Waals surface area contributed by atoms with Crippen LogP contribution in [0.2, 0.25) is 5.02 Å². The summed E-state index contributed by atoms with van der Waals surface area (Å²) in [4.78, 5) is 4.05. The second-order valence-corrected chi connectivity index (χ2v) is 3.69. The van der Waals surface area contributed by atoms with E-state index in [0.29, 0.717) is 17.9 Å². The highest BCUT2D eigenvalue weighted by atomic mass is 35.5. The fourth-order valence-corrected chi connectivity index (χ4v) is 1.55. The Morgan fingerprint density at radius 3 is 3.00 bits per heavy atom. The highest BCUT2D eigenvalue weighted by Crippen LogP contribution is 2.26. The summed E-state index contributed by atoms with van der Waals surface area (Å²) in [6, 6.07) is 4.53. The van der Waals surface area contributed by atoms with Crippen molar-refractivity contribution in [3.8, 4) is 11.3 Å². The Kier molecular flexibility index (Phi) is 3.22. The minimum Gasteiger partial charge on any atom is -0.443 e. The quantitative estimate of drug-likeness (QED) is 0.897. The maximum absolute atomic E-state index is 13.3. The molecule has 0 saturated heterocycles. The predicted molar refractivity (Wildman–Crippen MR) is 59.7 cm³/mol. The number of aromatic nitrogens is 1. The van der Waals surface area contributed by atoms with Gasteiger partial charge in [-0.25, -0.2) is 9.37 Å². The summed E-state index contributed by atoms with van der Waals surface area (Å²) in [6.07, 6.45) is 1.34. The molecular formula is C11H10ClFN2O. The summed E-state index contributed by atoms with van der Waals surface area (Å²) >= 11 is 5.61. The molecule has 0 radical (unpaired) electrons. The van der Waals surface area contributed by atoms with E-state index in [1.54, 1.807) is 13.1 Å². The van der Waals surface area contributed by atoms with Gasteiger partial charge in [0.05, 0.1) is 5.02 Å². The van der Waals surface area contributed by atoms with E-state index < -0.39 is 5.82 Å². The molecule has 16 heavy (non-hydrogen) atoms. The standard InChI is InChI=1S/C11H10ClFN2O/c1-14-5-10-11(16-6-15-10)7-2-3-8(12)9(13)4-7/h2-4,6,14H,5H2,1H3. The van der Waals surface area contributed by atoms with E-state index in [9.17, 15) is 4.39 Å². The summed E-state index contributed by atoms with van der Waals surface area (Å²) in [7, 11) is 1.81.